The van der Waals surface area contributed by atoms with Crippen molar-refractivity contribution >= 4 is 32.6 Å². The molecule has 0 fully saturated rings. The summed E-state index contributed by atoms with van der Waals surface area (Å²) in [5.74, 6) is 0.748. The molecule has 0 saturated heterocycles. The molecule has 0 radical (unpaired) electrons. The predicted molar refractivity (Wildman–Crippen MR) is 98.3 cm³/mol. The van der Waals surface area contributed by atoms with E-state index in [0.29, 0.717) is 0 Å². The summed E-state index contributed by atoms with van der Waals surface area (Å²) in [5, 5.41) is 2.47. The molecule has 0 N–H and O–H groups in total. The van der Waals surface area contributed by atoms with Gasteiger partial charge >= 0.3 is 136 Å². The van der Waals surface area contributed by atoms with Crippen molar-refractivity contribution in [3.63, 3.8) is 0 Å². The van der Waals surface area contributed by atoms with Crippen LogP contribution in [0.15, 0.2) is 11.4 Å². The molecule has 20 heavy (non-hydrogen) atoms. The van der Waals surface area contributed by atoms with E-state index in [9.17, 15) is 0 Å². The van der Waals surface area contributed by atoms with Crippen molar-refractivity contribution < 1.29 is 0 Å². The Hall–Kier alpha value is 0.499. The summed E-state index contributed by atoms with van der Waals surface area (Å²) in [4.78, 5) is 0. The minimum absolute atomic E-state index is 0.748. The molecule has 0 aliphatic heterocycles. The van der Waals surface area contributed by atoms with Gasteiger partial charge in [0.15, 0.2) is 0 Å². The number of thiophene rings is 1. The number of unbranched alkanes of at least 4 members (excludes halogenated alkanes) is 2. The predicted octanol–water partition coefficient (Wildman–Crippen LogP) is 6.54. The number of hydrogen-bond donors (Lipinski definition) is 0. The van der Waals surface area contributed by atoms with Crippen LogP contribution < -0.4 is 2.89 Å². The maximum atomic E-state index is 2.63. The summed E-state index contributed by atoms with van der Waals surface area (Å²) in [5.41, 5.74) is 1.62. The number of rotatable bonds is 10. The first-order chi connectivity index (χ1) is 9.63. The van der Waals surface area contributed by atoms with E-state index in [1.807, 2.05) is 2.89 Å². The van der Waals surface area contributed by atoms with Crippen LogP contribution in [0.2, 0.25) is 13.3 Å². The molecule has 0 aliphatic rings. The summed E-state index contributed by atoms with van der Waals surface area (Å²) in [6.07, 6.45) is 6.94. The van der Waals surface area contributed by atoms with Crippen LogP contribution in [0, 0.1) is 0 Å². The molecule has 1 heterocycles. The van der Waals surface area contributed by atoms with Crippen LogP contribution in [0.1, 0.15) is 78.2 Å². The van der Waals surface area contributed by atoms with Gasteiger partial charge in [0.1, 0.15) is 0 Å². The van der Waals surface area contributed by atoms with Gasteiger partial charge in [-0.25, -0.2) is 0 Å². The summed E-state index contributed by atoms with van der Waals surface area (Å²) in [6.45, 7) is 11.9. The van der Waals surface area contributed by atoms with Crippen molar-refractivity contribution in [2.45, 2.75) is 86.0 Å². The van der Waals surface area contributed by atoms with Crippen LogP contribution in [0.25, 0.3) is 0 Å². The van der Waals surface area contributed by atoms with Gasteiger partial charge in [0.2, 0.25) is 0 Å². The molecule has 0 saturated carbocycles. The zero-order chi connectivity index (χ0) is 15.0. The van der Waals surface area contributed by atoms with E-state index in [-0.39, 0.29) is 0 Å². The van der Waals surface area contributed by atoms with Gasteiger partial charge in [0.25, 0.3) is 0 Å². The van der Waals surface area contributed by atoms with Crippen LogP contribution in [0.4, 0.5) is 0 Å². The summed E-state index contributed by atoms with van der Waals surface area (Å²) in [6, 6.07) is 2.63. The fourth-order valence-electron chi connectivity index (χ4n) is 3.05. The molecular formula is C18H34SSn. The van der Waals surface area contributed by atoms with Crippen LogP contribution in [0.5, 0.6) is 0 Å². The molecule has 0 nitrogen and oxygen atoms in total. The Balaban J connectivity index is 2.98. The van der Waals surface area contributed by atoms with Crippen molar-refractivity contribution in [2.24, 2.45) is 0 Å². The third-order valence-electron chi connectivity index (χ3n) is 5.02. The Kier molecular flexibility index (Phi) is 8.81. The standard InChI is InChI=1S/C8H11S.2C4H9.C2H5.Sn/c1-3-7(2)8-4-5-9-6-8;2*1-3-4-2;1-2;/h4,6-7H,3H2,1-2H3;2*1,3-4H2,2H3;1H2,2H3;. The van der Waals surface area contributed by atoms with Crippen molar-refractivity contribution in [3.8, 4) is 0 Å². The van der Waals surface area contributed by atoms with Crippen LogP contribution >= 0.6 is 11.3 Å². The van der Waals surface area contributed by atoms with Crippen molar-refractivity contribution in [3.05, 3.63) is 17.0 Å². The molecular weight excluding hydrogens is 367 g/mol. The van der Waals surface area contributed by atoms with E-state index in [1.54, 1.807) is 14.4 Å². The first-order valence-corrected chi connectivity index (χ1v) is 17.1. The Bertz CT molecular complexity index is 361. The second-order valence-electron chi connectivity index (χ2n) is 6.39. The van der Waals surface area contributed by atoms with Gasteiger partial charge in [-0.2, -0.15) is 0 Å². The molecule has 0 aliphatic carbocycles. The molecule has 1 atom stereocenters. The molecule has 0 spiro atoms. The summed E-state index contributed by atoms with van der Waals surface area (Å²) >= 11 is 0.0584. The monoisotopic (exact) mass is 402 g/mol. The molecule has 0 bridgehead atoms. The van der Waals surface area contributed by atoms with Gasteiger partial charge in [0, 0.05) is 0 Å². The Morgan fingerprint density at radius 3 is 2.10 bits per heavy atom. The molecule has 2 heteroatoms. The molecule has 1 aromatic heterocycles. The zero-order valence-corrected chi connectivity index (χ0v) is 18.0. The summed E-state index contributed by atoms with van der Waals surface area (Å²) in [7, 11) is 0. The summed E-state index contributed by atoms with van der Waals surface area (Å²) < 4.78 is 6.55. The SMILES string of the molecule is CCC[CH2][Sn]([CH2]C)([CH2]CCC)[c]1cc(C(C)CC)cs1. The minimum atomic E-state index is -2.06. The third kappa shape index (κ3) is 4.76. The van der Waals surface area contributed by atoms with E-state index < -0.39 is 18.4 Å². The van der Waals surface area contributed by atoms with Crippen molar-refractivity contribution in [1.82, 2.24) is 0 Å². The molecule has 1 unspecified atom stereocenters. The first-order valence-electron chi connectivity index (χ1n) is 8.72. The Morgan fingerprint density at radius 1 is 1.05 bits per heavy atom. The van der Waals surface area contributed by atoms with E-state index in [1.165, 1.54) is 36.5 Å². The van der Waals surface area contributed by atoms with Crippen LogP contribution in [-0.2, 0) is 0 Å². The van der Waals surface area contributed by atoms with Gasteiger partial charge < -0.3 is 0 Å². The average molecular weight is 401 g/mol. The van der Waals surface area contributed by atoms with Crippen molar-refractivity contribution in [1.29, 1.82) is 0 Å². The quantitative estimate of drug-likeness (QED) is 0.391. The van der Waals surface area contributed by atoms with E-state index in [2.05, 4.69) is 57.4 Å². The second-order valence-corrected chi connectivity index (χ2v) is 22.1. The third-order valence-corrected chi connectivity index (χ3v) is 24.4. The average Bonchev–Trinajstić information content (AvgIpc) is 2.97. The van der Waals surface area contributed by atoms with Crippen LogP contribution in [0.3, 0.4) is 0 Å². The van der Waals surface area contributed by atoms with Gasteiger partial charge in [-0.1, -0.05) is 0 Å². The van der Waals surface area contributed by atoms with Gasteiger partial charge in [0.05, 0.1) is 0 Å². The fourth-order valence-corrected chi connectivity index (χ4v) is 21.4. The molecule has 0 aromatic carbocycles. The van der Waals surface area contributed by atoms with E-state index in [4.69, 9.17) is 0 Å². The Labute approximate surface area is 135 Å². The Morgan fingerprint density at radius 2 is 1.65 bits per heavy atom. The van der Waals surface area contributed by atoms with Gasteiger partial charge in [-0.15, -0.1) is 0 Å². The van der Waals surface area contributed by atoms with E-state index >= 15 is 0 Å². The van der Waals surface area contributed by atoms with Gasteiger partial charge in [-0.3, -0.25) is 0 Å². The second kappa shape index (κ2) is 9.50. The fraction of sp³-hybridized carbons (Fsp3) is 0.778. The van der Waals surface area contributed by atoms with Gasteiger partial charge in [-0.05, 0) is 0 Å². The normalized spacial score (nSPS) is 13.7. The molecule has 116 valence electrons. The maximum absolute atomic E-state index is 2.63. The molecule has 0 amide bonds. The van der Waals surface area contributed by atoms with E-state index in [0.717, 1.165) is 5.92 Å². The zero-order valence-electron chi connectivity index (χ0n) is 14.3. The molecule has 1 rings (SSSR count). The topological polar surface area (TPSA) is 0 Å². The van der Waals surface area contributed by atoms with Crippen molar-refractivity contribution in [2.75, 3.05) is 0 Å². The number of hydrogen-bond acceptors (Lipinski definition) is 1. The molecule has 1 aromatic rings. The first kappa shape index (κ1) is 18.5. The van der Waals surface area contributed by atoms with Crippen LogP contribution in [-0.4, -0.2) is 18.4 Å².